The molecular weight excluding hydrogens is 294 g/mol. The first kappa shape index (κ1) is 17.7. The molecule has 1 aromatic rings. The summed E-state index contributed by atoms with van der Waals surface area (Å²) < 4.78 is 0. The average Bonchev–Trinajstić information content (AvgIpc) is 3.01. The second-order valence-electron chi connectivity index (χ2n) is 8.06. The number of unbranched alkanes of at least 4 members (excludes halogenated alkanes) is 2. The Morgan fingerprint density at radius 3 is 2.92 bits per heavy atom. The van der Waals surface area contributed by atoms with Crippen molar-refractivity contribution in [3.8, 4) is 0 Å². The lowest BCUT2D eigenvalue weighted by atomic mass is 9.81. The van der Waals surface area contributed by atoms with Crippen LogP contribution in [0.25, 0.3) is 0 Å². The van der Waals surface area contributed by atoms with E-state index in [1.165, 1.54) is 49.7 Å². The highest BCUT2D eigenvalue weighted by Gasteiger charge is 2.36. The van der Waals surface area contributed by atoms with E-state index in [9.17, 15) is 5.11 Å². The summed E-state index contributed by atoms with van der Waals surface area (Å²) in [5, 5.41) is 9.48. The Balaban J connectivity index is 1.63. The SMILES string of the molecule is CCCC/C=C/[C@@H]1CCc2cc([C@H]3CC[C@](N)(CO)C3)ccc2C1. The van der Waals surface area contributed by atoms with Crippen LogP contribution in [0, 0.1) is 5.92 Å². The number of aliphatic hydroxyl groups is 1. The third kappa shape index (κ3) is 4.10. The van der Waals surface area contributed by atoms with Crippen molar-refractivity contribution in [1.82, 2.24) is 0 Å². The van der Waals surface area contributed by atoms with Crippen molar-refractivity contribution in [2.24, 2.45) is 11.7 Å². The predicted octanol–water partition coefficient (Wildman–Crippen LogP) is 4.50. The summed E-state index contributed by atoms with van der Waals surface area (Å²) in [4.78, 5) is 0. The van der Waals surface area contributed by atoms with Gasteiger partial charge in [0.2, 0.25) is 0 Å². The van der Waals surface area contributed by atoms with Crippen LogP contribution < -0.4 is 5.73 Å². The smallest absolute Gasteiger partial charge is 0.0611 e. The number of fused-ring (bicyclic) bond motifs is 1. The fraction of sp³-hybridized carbons (Fsp3) is 0.636. The van der Waals surface area contributed by atoms with Gasteiger partial charge in [0.1, 0.15) is 0 Å². The first-order chi connectivity index (χ1) is 11.6. The highest BCUT2D eigenvalue weighted by atomic mass is 16.3. The van der Waals surface area contributed by atoms with Crippen LogP contribution in [0.4, 0.5) is 0 Å². The van der Waals surface area contributed by atoms with E-state index in [0.717, 1.165) is 25.2 Å². The molecule has 2 nitrogen and oxygen atoms in total. The molecule has 2 heteroatoms. The maximum Gasteiger partial charge on any atom is 0.0611 e. The van der Waals surface area contributed by atoms with Crippen LogP contribution >= 0.6 is 0 Å². The molecular formula is C22H33NO. The molecule has 1 fully saturated rings. The van der Waals surface area contributed by atoms with Gasteiger partial charge in [-0.25, -0.2) is 0 Å². The van der Waals surface area contributed by atoms with Crippen molar-refractivity contribution >= 4 is 0 Å². The van der Waals surface area contributed by atoms with E-state index in [-0.39, 0.29) is 12.1 Å². The average molecular weight is 328 g/mol. The summed E-state index contributed by atoms with van der Waals surface area (Å²) in [6.45, 7) is 2.36. The van der Waals surface area contributed by atoms with Crippen molar-refractivity contribution < 1.29 is 5.11 Å². The van der Waals surface area contributed by atoms with E-state index in [4.69, 9.17) is 5.73 Å². The Labute approximate surface area is 147 Å². The van der Waals surface area contributed by atoms with Gasteiger partial charge >= 0.3 is 0 Å². The molecule has 2 aliphatic rings. The van der Waals surface area contributed by atoms with Crippen LogP contribution in [0.3, 0.4) is 0 Å². The highest BCUT2D eigenvalue weighted by molar-refractivity contribution is 5.37. The number of aryl methyl sites for hydroxylation is 1. The number of rotatable bonds is 6. The van der Waals surface area contributed by atoms with Gasteiger partial charge in [0.25, 0.3) is 0 Å². The van der Waals surface area contributed by atoms with Gasteiger partial charge in [0.15, 0.2) is 0 Å². The molecule has 0 amide bonds. The maximum atomic E-state index is 9.48. The minimum absolute atomic E-state index is 0.112. The molecule has 0 unspecified atom stereocenters. The third-order valence-corrected chi connectivity index (χ3v) is 6.06. The van der Waals surface area contributed by atoms with Crippen molar-refractivity contribution in [1.29, 1.82) is 0 Å². The number of aliphatic hydroxyl groups excluding tert-OH is 1. The number of hydrogen-bond acceptors (Lipinski definition) is 2. The Kier molecular flexibility index (Phi) is 5.78. The molecule has 0 heterocycles. The van der Waals surface area contributed by atoms with Crippen LogP contribution in [0.5, 0.6) is 0 Å². The monoisotopic (exact) mass is 327 g/mol. The van der Waals surface area contributed by atoms with E-state index in [1.54, 1.807) is 5.56 Å². The van der Waals surface area contributed by atoms with E-state index in [0.29, 0.717) is 5.92 Å². The molecule has 3 atom stereocenters. The largest absolute Gasteiger partial charge is 0.394 e. The molecule has 2 aliphatic carbocycles. The van der Waals surface area contributed by atoms with Crippen LogP contribution in [0.2, 0.25) is 0 Å². The maximum absolute atomic E-state index is 9.48. The zero-order chi connectivity index (χ0) is 17.0. The van der Waals surface area contributed by atoms with Gasteiger partial charge in [-0.15, -0.1) is 0 Å². The van der Waals surface area contributed by atoms with E-state index >= 15 is 0 Å². The standard InChI is InChI=1S/C22H33NO/c1-2-3-4-5-6-17-7-8-19-14-20(10-9-18(19)13-17)21-11-12-22(23,15-21)16-24/h5-6,9-10,14,17,21,24H,2-4,7-8,11-13,15-16,23H2,1H3/b6-5+/t17-,21+,22-/m1/s1. The van der Waals surface area contributed by atoms with Crippen molar-refractivity contribution in [2.75, 3.05) is 6.61 Å². The molecule has 24 heavy (non-hydrogen) atoms. The Morgan fingerprint density at radius 2 is 2.17 bits per heavy atom. The first-order valence-corrected chi connectivity index (χ1v) is 9.81. The summed E-state index contributed by atoms with van der Waals surface area (Å²) in [6.07, 6.45) is 15.3. The van der Waals surface area contributed by atoms with Gasteiger partial charge in [-0.1, -0.05) is 50.1 Å². The van der Waals surface area contributed by atoms with Gasteiger partial charge in [-0.2, -0.15) is 0 Å². The zero-order valence-electron chi connectivity index (χ0n) is 15.1. The van der Waals surface area contributed by atoms with Crippen molar-refractivity contribution in [3.05, 3.63) is 47.0 Å². The molecule has 0 bridgehead atoms. The van der Waals surface area contributed by atoms with Gasteiger partial charge in [-0.3, -0.25) is 0 Å². The van der Waals surface area contributed by atoms with Gasteiger partial charge in [-0.05, 0) is 73.5 Å². The quantitative estimate of drug-likeness (QED) is 0.597. The molecule has 3 N–H and O–H groups in total. The number of benzene rings is 1. The molecule has 0 aliphatic heterocycles. The molecule has 0 aromatic heterocycles. The van der Waals surface area contributed by atoms with Gasteiger partial charge in [0.05, 0.1) is 6.61 Å². The number of allylic oxidation sites excluding steroid dienone is 2. The summed E-state index contributed by atoms with van der Waals surface area (Å²) in [5.74, 6) is 1.25. The fourth-order valence-electron chi connectivity index (χ4n) is 4.42. The molecule has 0 saturated heterocycles. The predicted molar refractivity (Wildman–Crippen MR) is 101 cm³/mol. The molecule has 1 aromatic carbocycles. The highest BCUT2D eigenvalue weighted by Crippen LogP contribution is 2.40. The number of nitrogens with two attached hydrogens (primary N) is 1. The fourth-order valence-corrected chi connectivity index (χ4v) is 4.42. The second kappa shape index (κ2) is 7.84. The van der Waals surface area contributed by atoms with E-state index in [1.807, 2.05) is 0 Å². The minimum atomic E-state index is -0.352. The Bertz CT molecular complexity index is 579. The topological polar surface area (TPSA) is 46.2 Å². The van der Waals surface area contributed by atoms with Crippen LogP contribution in [-0.2, 0) is 12.8 Å². The molecule has 132 valence electrons. The summed E-state index contributed by atoms with van der Waals surface area (Å²) in [7, 11) is 0. The second-order valence-corrected chi connectivity index (χ2v) is 8.06. The summed E-state index contributed by atoms with van der Waals surface area (Å²) in [5.41, 5.74) is 10.4. The summed E-state index contributed by atoms with van der Waals surface area (Å²) >= 11 is 0. The van der Waals surface area contributed by atoms with Crippen LogP contribution in [-0.4, -0.2) is 17.3 Å². The molecule has 0 spiro atoms. The van der Waals surface area contributed by atoms with Crippen molar-refractivity contribution in [3.63, 3.8) is 0 Å². The first-order valence-electron chi connectivity index (χ1n) is 9.81. The molecule has 1 saturated carbocycles. The van der Waals surface area contributed by atoms with Crippen molar-refractivity contribution in [2.45, 2.75) is 76.2 Å². The Hall–Kier alpha value is -1.12. The van der Waals surface area contributed by atoms with Crippen LogP contribution in [0.15, 0.2) is 30.4 Å². The van der Waals surface area contributed by atoms with Gasteiger partial charge in [0, 0.05) is 5.54 Å². The third-order valence-electron chi connectivity index (χ3n) is 6.06. The van der Waals surface area contributed by atoms with Crippen LogP contribution in [0.1, 0.15) is 74.5 Å². The zero-order valence-corrected chi connectivity index (χ0v) is 15.1. The molecule has 0 radical (unpaired) electrons. The van der Waals surface area contributed by atoms with E-state index in [2.05, 4.69) is 37.3 Å². The van der Waals surface area contributed by atoms with Gasteiger partial charge < -0.3 is 10.8 Å². The lowest BCUT2D eigenvalue weighted by Gasteiger charge is -2.25. The summed E-state index contributed by atoms with van der Waals surface area (Å²) in [6, 6.07) is 7.10. The minimum Gasteiger partial charge on any atom is -0.394 e. The van der Waals surface area contributed by atoms with E-state index < -0.39 is 0 Å². The normalized spacial score (nSPS) is 30.0. The lowest BCUT2D eigenvalue weighted by Crippen LogP contribution is -2.40. The lowest BCUT2D eigenvalue weighted by molar-refractivity contribution is 0.198. The molecule has 3 rings (SSSR count). The number of hydrogen-bond donors (Lipinski definition) is 2. The Morgan fingerprint density at radius 1 is 1.29 bits per heavy atom.